The van der Waals surface area contributed by atoms with E-state index < -0.39 is 0 Å². The van der Waals surface area contributed by atoms with Gasteiger partial charge in [0.05, 0.1) is 55.3 Å². The number of Topliss-reactive ketones (excluding diaryl/α,β-unsaturated/α-hetero) is 2. The molecule has 0 radical (unpaired) electrons. The van der Waals surface area contributed by atoms with Crippen molar-refractivity contribution in [1.82, 2.24) is 0 Å². The first-order valence-corrected chi connectivity index (χ1v) is 13.3. The Morgan fingerprint density at radius 2 is 0.929 bits per heavy atom. The molecule has 0 N–H and O–H groups in total. The molecule has 0 saturated heterocycles. The lowest BCUT2D eigenvalue weighted by Gasteiger charge is -2.14. The second-order valence-corrected chi connectivity index (χ2v) is 9.24. The summed E-state index contributed by atoms with van der Waals surface area (Å²) in [5.74, 6) is 3.02. The molecular weight excluding hydrogens is 540 g/mol. The minimum Gasteiger partial charge on any atom is -0.493 e. The van der Waals surface area contributed by atoms with Crippen LogP contribution in [0.3, 0.4) is 0 Å². The lowest BCUT2D eigenvalue weighted by atomic mass is 9.94. The Morgan fingerprint density at radius 3 is 1.29 bits per heavy atom. The zero-order valence-electron chi connectivity index (χ0n) is 25.2. The van der Waals surface area contributed by atoms with Crippen LogP contribution in [0.2, 0.25) is 0 Å². The van der Waals surface area contributed by atoms with Gasteiger partial charge in [-0.05, 0) is 72.0 Å². The minimum atomic E-state index is -0.282. The van der Waals surface area contributed by atoms with Crippen molar-refractivity contribution in [2.75, 3.05) is 49.8 Å². The van der Waals surface area contributed by atoms with E-state index in [1.54, 1.807) is 58.8 Å². The topological polar surface area (TPSA) is 98.8 Å². The Balaban J connectivity index is 1.92. The van der Waals surface area contributed by atoms with Gasteiger partial charge in [0, 0.05) is 12.8 Å². The summed E-state index contributed by atoms with van der Waals surface area (Å²) in [6.45, 7) is 0. The molecule has 0 bridgehead atoms. The van der Waals surface area contributed by atoms with E-state index in [4.69, 9.17) is 33.2 Å². The summed E-state index contributed by atoms with van der Waals surface area (Å²) in [7, 11) is 10.8. The molecule has 0 spiro atoms. The predicted octanol–water partition coefficient (Wildman–Crippen LogP) is 5.53. The molecule has 3 rings (SSSR count). The molecule has 0 unspecified atom stereocenters. The highest BCUT2D eigenvalue weighted by atomic mass is 16.5. The molecule has 0 atom stereocenters. The zero-order valence-corrected chi connectivity index (χ0v) is 25.2. The average molecular weight is 579 g/mol. The van der Waals surface area contributed by atoms with E-state index >= 15 is 0 Å². The number of aryl methyl sites for hydroxylation is 2. The summed E-state index contributed by atoms with van der Waals surface area (Å²) in [5, 5.41) is 0. The normalized spacial score (nSPS) is 10.4. The number of hydrogen-bond donors (Lipinski definition) is 0. The van der Waals surface area contributed by atoms with Gasteiger partial charge in [-0.2, -0.15) is 0 Å². The Morgan fingerprint density at radius 1 is 0.524 bits per heavy atom. The zero-order chi connectivity index (χ0) is 30.6. The minimum absolute atomic E-state index is 0.0882. The first-order valence-electron chi connectivity index (χ1n) is 13.3. The second-order valence-electron chi connectivity index (χ2n) is 9.24. The van der Waals surface area contributed by atoms with Crippen LogP contribution in [0.15, 0.2) is 54.1 Å². The third-order valence-corrected chi connectivity index (χ3v) is 6.78. The number of hydrogen-bond acceptors (Lipinski definition) is 9. The van der Waals surface area contributed by atoms with Crippen LogP contribution < -0.4 is 33.2 Å². The summed E-state index contributed by atoms with van der Waals surface area (Å²) in [4.78, 5) is 27.2. The lowest BCUT2D eigenvalue weighted by Crippen LogP contribution is -2.15. The van der Waals surface area contributed by atoms with Crippen LogP contribution in [0.25, 0.3) is 6.08 Å². The Bertz CT molecular complexity index is 1330. The molecule has 42 heavy (non-hydrogen) atoms. The van der Waals surface area contributed by atoms with E-state index in [2.05, 4.69) is 0 Å². The van der Waals surface area contributed by atoms with Gasteiger partial charge in [0.25, 0.3) is 0 Å². The number of carbonyl (C=O) groups excluding carboxylic acids is 2. The monoisotopic (exact) mass is 578 g/mol. The molecule has 9 nitrogen and oxygen atoms in total. The number of ketones is 2. The van der Waals surface area contributed by atoms with Crippen LogP contribution in [0.4, 0.5) is 0 Å². The van der Waals surface area contributed by atoms with Gasteiger partial charge in [-0.1, -0.05) is 12.1 Å². The van der Waals surface area contributed by atoms with Crippen molar-refractivity contribution < 1.29 is 42.7 Å². The van der Waals surface area contributed by atoms with E-state index in [0.29, 0.717) is 58.7 Å². The predicted molar refractivity (Wildman–Crippen MR) is 160 cm³/mol. The maximum Gasteiger partial charge on any atom is 0.203 e. The van der Waals surface area contributed by atoms with Gasteiger partial charge >= 0.3 is 0 Å². The van der Waals surface area contributed by atoms with Gasteiger partial charge in [0.2, 0.25) is 5.75 Å². The molecule has 0 heterocycles. The average Bonchev–Trinajstić information content (AvgIpc) is 3.03. The Hall–Kier alpha value is -4.66. The van der Waals surface area contributed by atoms with Crippen molar-refractivity contribution in [1.29, 1.82) is 0 Å². The number of ether oxygens (including phenoxy) is 7. The van der Waals surface area contributed by atoms with Crippen LogP contribution in [0.5, 0.6) is 40.2 Å². The highest BCUT2D eigenvalue weighted by molar-refractivity contribution is 6.23. The molecule has 9 heteroatoms. The number of benzene rings is 3. The summed E-state index contributed by atoms with van der Waals surface area (Å²) < 4.78 is 37.7. The second kappa shape index (κ2) is 15.4. The fourth-order valence-corrected chi connectivity index (χ4v) is 4.53. The standard InChI is InChI=1S/C33H38O9/c1-36-27-14-10-21(17-29(27)38-3)8-12-25(34)24(16-23-19-31(40-5)33(42-7)32(20-23)41-6)26(35)13-9-22-11-15-28(37-2)30(18-22)39-4/h10-11,14-20H,8-9,12-13H2,1-7H3. The van der Waals surface area contributed by atoms with Gasteiger partial charge in [-0.15, -0.1) is 0 Å². The quantitative estimate of drug-likeness (QED) is 0.123. The van der Waals surface area contributed by atoms with Crippen LogP contribution >= 0.6 is 0 Å². The first kappa shape index (κ1) is 31.9. The fraction of sp³-hybridized carbons (Fsp3) is 0.333. The highest BCUT2D eigenvalue weighted by Gasteiger charge is 2.21. The fourth-order valence-electron chi connectivity index (χ4n) is 4.53. The smallest absolute Gasteiger partial charge is 0.203 e. The van der Waals surface area contributed by atoms with Crippen molar-refractivity contribution in [3.05, 3.63) is 70.8 Å². The molecule has 0 aliphatic rings. The van der Waals surface area contributed by atoms with Crippen molar-refractivity contribution in [2.24, 2.45) is 0 Å². The third-order valence-electron chi connectivity index (χ3n) is 6.78. The van der Waals surface area contributed by atoms with Gasteiger partial charge in [-0.3, -0.25) is 9.59 Å². The third kappa shape index (κ3) is 7.75. The lowest BCUT2D eigenvalue weighted by molar-refractivity contribution is -0.121. The van der Waals surface area contributed by atoms with Crippen molar-refractivity contribution in [3.63, 3.8) is 0 Å². The number of rotatable bonds is 16. The molecule has 0 amide bonds. The van der Waals surface area contributed by atoms with E-state index in [1.165, 1.54) is 21.3 Å². The summed E-state index contributed by atoms with van der Waals surface area (Å²) in [6.07, 6.45) is 2.64. The van der Waals surface area contributed by atoms with Gasteiger partial charge in [-0.25, -0.2) is 0 Å². The number of allylic oxidation sites excluding steroid dienone is 1. The SMILES string of the molecule is COc1ccc(CCC(=O)C(=Cc2cc(OC)c(OC)c(OC)c2)C(=O)CCc2ccc(OC)c(OC)c2)cc1OC. The maximum atomic E-state index is 13.6. The van der Waals surface area contributed by atoms with Gasteiger partial charge < -0.3 is 33.2 Å². The molecular formula is C33H38O9. The van der Waals surface area contributed by atoms with Crippen LogP contribution in [0.1, 0.15) is 29.5 Å². The molecule has 224 valence electrons. The molecule has 3 aromatic rings. The molecule has 0 aliphatic heterocycles. The highest BCUT2D eigenvalue weighted by Crippen LogP contribution is 2.39. The van der Waals surface area contributed by atoms with Crippen molar-refractivity contribution in [2.45, 2.75) is 25.7 Å². The first-order chi connectivity index (χ1) is 20.3. The molecule has 3 aromatic carbocycles. The van der Waals surface area contributed by atoms with Crippen molar-refractivity contribution >= 4 is 17.6 Å². The summed E-state index contributed by atoms with van der Waals surface area (Å²) in [5.41, 5.74) is 2.42. The molecule has 0 aliphatic carbocycles. The van der Waals surface area contributed by atoms with E-state index in [-0.39, 0.29) is 30.0 Å². The number of methoxy groups -OCH3 is 7. The van der Waals surface area contributed by atoms with Gasteiger partial charge in [0.1, 0.15) is 0 Å². The van der Waals surface area contributed by atoms with Crippen LogP contribution in [-0.2, 0) is 22.4 Å². The van der Waals surface area contributed by atoms with Crippen LogP contribution in [0, 0.1) is 0 Å². The molecule has 0 saturated carbocycles. The van der Waals surface area contributed by atoms with Crippen LogP contribution in [-0.4, -0.2) is 61.3 Å². The van der Waals surface area contributed by atoms with E-state index in [0.717, 1.165) is 11.1 Å². The summed E-state index contributed by atoms with van der Waals surface area (Å²) >= 11 is 0. The Labute approximate surface area is 246 Å². The molecule has 0 aromatic heterocycles. The van der Waals surface area contributed by atoms with E-state index in [1.807, 2.05) is 24.3 Å². The largest absolute Gasteiger partial charge is 0.493 e. The summed E-state index contributed by atoms with van der Waals surface area (Å²) in [6, 6.07) is 14.4. The van der Waals surface area contributed by atoms with Crippen molar-refractivity contribution in [3.8, 4) is 40.2 Å². The van der Waals surface area contributed by atoms with Gasteiger partial charge in [0.15, 0.2) is 46.1 Å². The maximum absolute atomic E-state index is 13.6. The molecule has 0 fully saturated rings. The Kier molecular flexibility index (Phi) is 11.7. The number of carbonyl (C=O) groups is 2. The van der Waals surface area contributed by atoms with E-state index in [9.17, 15) is 9.59 Å².